The van der Waals surface area contributed by atoms with E-state index in [9.17, 15) is 9.59 Å². The van der Waals surface area contributed by atoms with E-state index in [0.717, 1.165) is 0 Å². The number of ether oxygens (including phenoxy) is 1. The fourth-order valence-corrected chi connectivity index (χ4v) is 2.16. The van der Waals surface area contributed by atoms with Gasteiger partial charge in [-0.25, -0.2) is 0 Å². The number of carboxylic acid groups (broad SMARTS) is 1. The average molecular weight is 268 g/mol. The normalized spacial score (nSPS) is 23.2. The monoisotopic (exact) mass is 268 g/mol. The first kappa shape index (κ1) is 15.5. The molecule has 1 fully saturated rings. The molecule has 0 bridgehead atoms. The third kappa shape index (κ3) is 5.28. The molecule has 1 N–H and O–H groups in total. The van der Waals surface area contributed by atoms with Gasteiger partial charge in [-0.15, -0.1) is 6.42 Å². The quantitative estimate of drug-likeness (QED) is 0.690. The number of rotatable bonds is 5. The molecular weight excluding hydrogens is 248 g/mol. The lowest BCUT2D eigenvalue weighted by Gasteiger charge is -2.36. The van der Waals surface area contributed by atoms with E-state index in [0.29, 0.717) is 13.1 Å². The van der Waals surface area contributed by atoms with Crippen LogP contribution in [-0.4, -0.2) is 71.7 Å². The first-order valence-electron chi connectivity index (χ1n) is 6.23. The molecule has 106 valence electrons. The summed E-state index contributed by atoms with van der Waals surface area (Å²) in [5.41, 5.74) is 0. The van der Waals surface area contributed by atoms with Crippen molar-refractivity contribution in [3.05, 3.63) is 0 Å². The van der Waals surface area contributed by atoms with Crippen molar-refractivity contribution in [1.82, 2.24) is 9.80 Å². The molecule has 6 heteroatoms. The molecule has 0 radical (unpaired) electrons. The predicted molar refractivity (Wildman–Crippen MR) is 69.5 cm³/mol. The number of hydrogen-bond acceptors (Lipinski definition) is 4. The lowest BCUT2D eigenvalue weighted by molar-refractivity contribution is -0.145. The molecule has 1 amide bonds. The molecule has 0 saturated carbocycles. The fourth-order valence-electron chi connectivity index (χ4n) is 2.16. The van der Waals surface area contributed by atoms with Gasteiger partial charge in [0.2, 0.25) is 5.91 Å². The van der Waals surface area contributed by atoms with Gasteiger partial charge in [-0.2, -0.15) is 0 Å². The highest BCUT2D eigenvalue weighted by Crippen LogP contribution is 2.11. The molecular formula is C13H20N2O4. The van der Waals surface area contributed by atoms with Gasteiger partial charge in [0.25, 0.3) is 0 Å². The maximum absolute atomic E-state index is 12.1. The van der Waals surface area contributed by atoms with Gasteiger partial charge in [-0.3, -0.25) is 14.5 Å². The Kier molecular flexibility index (Phi) is 5.80. The summed E-state index contributed by atoms with van der Waals surface area (Å²) in [6.45, 7) is 4.81. The van der Waals surface area contributed by atoms with Crippen molar-refractivity contribution in [2.24, 2.45) is 0 Å². The van der Waals surface area contributed by atoms with Gasteiger partial charge in [0.05, 0.1) is 31.8 Å². The lowest BCUT2D eigenvalue weighted by Crippen LogP contribution is -2.51. The predicted octanol–water partition coefficient (Wildman–Crippen LogP) is -0.358. The first-order chi connectivity index (χ1) is 8.92. The molecule has 6 nitrogen and oxygen atoms in total. The van der Waals surface area contributed by atoms with E-state index < -0.39 is 5.97 Å². The maximum Gasteiger partial charge on any atom is 0.317 e. The molecule has 2 atom stereocenters. The molecule has 1 aliphatic heterocycles. The summed E-state index contributed by atoms with van der Waals surface area (Å²) in [4.78, 5) is 26.0. The van der Waals surface area contributed by atoms with Crippen LogP contribution in [0, 0.1) is 12.3 Å². The number of carbonyl (C=O) groups is 2. The number of carbonyl (C=O) groups excluding carboxylic acids is 1. The van der Waals surface area contributed by atoms with E-state index in [-0.39, 0.29) is 37.7 Å². The number of morpholine rings is 1. The zero-order chi connectivity index (χ0) is 14.4. The minimum atomic E-state index is -0.994. The molecule has 0 spiro atoms. The van der Waals surface area contributed by atoms with Crippen LogP contribution in [0.4, 0.5) is 0 Å². The van der Waals surface area contributed by atoms with Gasteiger partial charge >= 0.3 is 5.97 Å². The Morgan fingerprint density at radius 2 is 1.95 bits per heavy atom. The number of amides is 1. The van der Waals surface area contributed by atoms with Gasteiger partial charge in [-0.05, 0) is 13.8 Å². The molecule has 0 aromatic rings. The SMILES string of the molecule is C#CCN(CC(=O)O)CC(=O)N1CC(C)OC(C)C1. The van der Waals surface area contributed by atoms with Crippen molar-refractivity contribution in [3.8, 4) is 12.3 Å². The van der Waals surface area contributed by atoms with Gasteiger partial charge in [0, 0.05) is 13.1 Å². The van der Waals surface area contributed by atoms with Crippen molar-refractivity contribution in [2.75, 3.05) is 32.7 Å². The van der Waals surface area contributed by atoms with Gasteiger partial charge < -0.3 is 14.7 Å². The minimum Gasteiger partial charge on any atom is -0.480 e. The highest BCUT2D eigenvalue weighted by atomic mass is 16.5. The number of hydrogen-bond donors (Lipinski definition) is 1. The molecule has 1 saturated heterocycles. The minimum absolute atomic E-state index is 0.00624. The van der Waals surface area contributed by atoms with Gasteiger partial charge in [0.1, 0.15) is 0 Å². The summed E-state index contributed by atoms with van der Waals surface area (Å²) in [5.74, 6) is 1.26. The third-order valence-electron chi connectivity index (χ3n) is 2.80. The molecule has 0 aromatic carbocycles. The number of terminal acetylenes is 1. The number of carboxylic acids is 1. The van der Waals surface area contributed by atoms with E-state index in [4.69, 9.17) is 16.3 Å². The summed E-state index contributed by atoms with van der Waals surface area (Å²) in [6, 6.07) is 0. The molecule has 1 aliphatic rings. The van der Waals surface area contributed by atoms with E-state index in [1.807, 2.05) is 13.8 Å². The van der Waals surface area contributed by atoms with E-state index in [2.05, 4.69) is 5.92 Å². The molecule has 0 aliphatic carbocycles. The zero-order valence-electron chi connectivity index (χ0n) is 11.3. The van der Waals surface area contributed by atoms with Crippen LogP contribution < -0.4 is 0 Å². The van der Waals surface area contributed by atoms with E-state index >= 15 is 0 Å². The second-order valence-electron chi connectivity index (χ2n) is 4.80. The highest BCUT2D eigenvalue weighted by molar-refractivity contribution is 5.79. The maximum atomic E-state index is 12.1. The second-order valence-corrected chi connectivity index (χ2v) is 4.80. The largest absolute Gasteiger partial charge is 0.480 e. The van der Waals surface area contributed by atoms with E-state index in [1.165, 1.54) is 4.90 Å². The molecule has 2 unspecified atom stereocenters. The third-order valence-corrected chi connectivity index (χ3v) is 2.80. The zero-order valence-corrected chi connectivity index (χ0v) is 11.3. The van der Waals surface area contributed by atoms with Crippen molar-refractivity contribution in [2.45, 2.75) is 26.1 Å². The van der Waals surface area contributed by atoms with Crippen LogP contribution in [0.3, 0.4) is 0 Å². The Balaban J connectivity index is 2.56. The summed E-state index contributed by atoms with van der Waals surface area (Å²) in [7, 11) is 0. The number of aliphatic carboxylic acids is 1. The number of nitrogens with zero attached hydrogens (tertiary/aromatic N) is 2. The summed E-state index contributed by atoms with van der Waals surface area (Å²) < 4.78 is 5.55. The van der Waals surface area contributed by atoms with E-state index in [1.54, 1.807) is 4.90 Å². The van der Waals surface area contributed by atoms with Crippen molar-refractivity contribution in [1.29, 1.82) is 0 Å². The summed E-state index contributed by atoms with van der Waals surface area (Å²) in [6.07, 6.45) is 5.16. The summed E-state index contributed by atoms with van der Waals surface area (Å²) >= 11 is 0. The van der Waals surface area contributed by atoms with Crippen molar-refractivity contribution in [3.63, 3.8) is 0 Å². The van der Waals surface area contributed by atoms with Crippen LogP contribution in [0.15, 0.2) is 0 Å². The Morgan fingerprint density at radius 1 is 1.37 bits per heavy atom. The fraction of sp³-hybridized carbons (Fsp3) is 0.692. The van der Waals surface area contributed by atoms with Gasteiger partial charge in [0.15, 0.2) is 0 Å². The molecule has 19 heavy (non-hydrogen) atoms. The Bertz CT molecular complexity index is 367. The van der Waals surface area contributed by atoms with Crippen LogP contribution in [0.2, 0.25) is 0 Å². The average Bonchev–Trinajstić information content (AvgIpc) is 2.26. The Hall–Kier alpha value is -1.58. The van der Waals surface area contributed by atoms with Crippen LogP contribution >= 0.6 is 0 Å². The standard InChI is InChI=1S/C13H20N2O4/c1-4-5-14(9-13(17)18)8-12(16)15-6-10(2)19-11(3)7-15/h1,10-11H,5-9H2,2-3H3,(H,17,18). The van der Waals surface area contributed by atoms with Crippen LogP contribution in [0.1, 0.15) is 13.8 Å². The summed E-state index contributed by atoms with van der Waals surface area (Å²) in [5, 5.41) is 8.76. The van der Waals surface area contributed by atoms with Crippen molar-refractivity contribution >= 4 is 11.9 Å². The Labute approximate surface area is 113 Å². The molecule has 1 heterocycles. The molecule has 0 aromatic heterocycles. The van der Waals surface area contributed by atoms with Crippen LogP contribution in [0.25, 0.3) is 0 Å². The van der Waals surface area contributed by atoms with Crippen LogP contribution in [-0.2, 0) is 14.3 Å². The molecule has 1 rings (SSSR count). The van der Waals surface area contributed by atoms with Gasteiger partial charge in [-0.1, -0.05) is 5.92 Å². The highest BCUT2D eigenvalue weighted by Gasteiger charge is 2.27. The topological polar surface area (TPSA) is 70.1 Å². The Morgan fingerprint density at radius 3 is 2.42 bits per heavy atom. The smallest absolute Gasteiger partial charge is 0.317 e. The van der Waals surface area contributed by atoms with Crippen LogP contribution in [0.5, 0.6) is 0 Å². The lowest BCUT2D eigenvalue weighted by atomic mass is 10.2. The van der Waals surface area contributed by atoms with Crippen molar-refractivity contribution < 1.29 is 19.4 Å². The second kappa shape index (κ2) is 7.12. The first-order valence-corrected chi connectivity index (χ1v) is 6.23.